The van der Waals surface area contributed by atoms with Gasteiger partial charge in [-0.2, -0.15) is 0 Å². The van der Waals surface area contributed by atoms with Gasteiger partial charge in [-0.25, -0.2) is 0 Å². The first-order chi connectivity index (χ1) is 10.2. The van der Waals surface area contributed by atoms with Crippen LogP contribution in [0.5, 0.6) is 0 Å². The van der Waals surface area contributed by atoms with Crippen LogP contribution in [0.3, 0.4) is 0 Å². The summed E-state index contributed by atoms with van der Waals surface area (Å²) in [5.41, 5.74) is 7.82. The van der Waals surface area contributed by atoms with Crippen LogP contribution in [0.15, 0.2) is 24.3 Å². The van der Waals surface area contributed by atoms with E-state index in [1.807, 2.05) is 24.3 Å². The van der Waals surface area contributed by atoms with E-state index in [1.54, 1.807) is 0 Å². The number of hydrogen-bond acceptors (Lipinski definition) is 3. The number of hydrogen-bond donors (Lipinski definition) is 1. The average Bonchev–Trinajstić information content (AvgIpc) is 2.53. The third-order valence-electron chi connectivity index (χ3n) is 4.85. The number of benzene rings is 1. The molecule has 0 aromatic heterocycles. The Hall–Kier alpha value is -0.970. The third kappa shape index (κ3) is 5.00. The molecule has 2 aliphatic rings. The van der Waals surface area contributed by atoms with Crippen LogP contribution in [0, 0.1) is 0 Å². The van der Waals surface area contributed by atoms with E-state index in [1.165, 1.54) is 25.8 Å². The SMILES string of the molecule is Cl.Cl.Nc1ccccc1CCC(=O)N1CCN2CCCCC2C1. The number of para-hydroxylation sites is 1. The number of anilines is 1. The summed E-state index contributed by atoms with van der Waals surface area (Å²) in [6.45, 7) is 4.07. The second-order valence-electron chi connectivity index (χ2n) is 6.22. The topological polar surface area (TPSA) is 49.6 Å². The molecule has 1 unspecified atom stereocenters. The van der Waals surface area contributed by atoms with Gasteiger partial charge in [0, 0.05) is 37.8 Å². The van der Waals surface area contributed by atoms with E-state index in [-0.39, 0.29) is 30.7 Å². The fraction of sp³-hybridized carbons (Fsp3) is 0.588. The van der Waals surface area contributed by atoms with Crippen LogP contribution < -0.4 is 5.73 Å². The zero-order valence-corrected chi connectivity index (χ0v) is 15.1. The van der Waals surface area contributed by atoms with Gasteiger partial charge in [0.15, 0.2) is 0 Å². The molecule has 1 aromatic carbocycles. The molecule has 4 nitrogen and oxygen atoms in total. The zero-order chi connectivity index (χ0) is 14.7. The molecule has 2 N–H and O–H groups in total. The molecule has 6 heteroatoms. The van der Waals surface area contributed by atoms with Crippen molar-refractivity contribution in [2.75, 3.05) is 31.9 Å². The summed E-state index contributed by atoms with van der Waals surface area (Å²) in [5.74, 6) is 0.281. The third-order valence-corrected chi connectivity index (χ3v) is 4.85. The van der Waals surface area contributed by atoms with Crippen molar-refractivity contribution in [2.45, 2.75) is 38.1 Å². The Kier molecular flexibility index (Phi) is 8.17. The molecular formula is C17H27Cl2N3O. The Bertz CT molecular complexity index is 512. The first-order valence-corrected chi connectivity index (χ1v) is 8.09. The number of piperidine rings is 1. The molecule has 130 valence electrons. The molecule has 0 aliphatic carbocycles. The van der Waals surface area contributed by atoms with Gasteiger partial charge in [-0.05, 0) is 37.4 Å². The summed E-state index contributed by atoms with van der Waals surface area (Å²) >= 11 is 0. The Morgan fingerprint density at radius 2 is 1.91 bits per heavy atom. The van der Waals surface area contributed by atoms with Crippen molar-refractivity contribution in [2.24, 2.45) is 0 Å². The highest BCUT2D eigenvalue weighted by atomic mass is 35.5. The van der Waals surface area contributed by atoms with Crippen molar-refractivity contribution in [1.82, 2.24) is 9.80 Å². The van der Waals surface area contributed by atoms with Crippen LogP contribution in [0.4, 0.5) is 5.69 Å². The van der Waals surface area contributed by atoms with E-state index in [9.17, 15) is 4.79 Å². The Labute approximate surface area is 151 Å². The van der Waals surface area contributed by atoms with Crippen molar-refractivity contribution < 1.29 is 4.79 Å². The van der Waals surface area contributed by atoms with Crippen molar-refractivity contribution in [3.05, 3.63) is 29.8 Å². The average molecular weight is 360 g/mol. The van der Waals surface area contributed by atoms with Crippen molar-refractivity contribution in [3.63, 3.8) is 0 Å². The van der Waals surface area contributed by atoms with Gasteiger partial charge in [0.05, 0.1) is 0 Å². The van der Waals surface area contributed by atoms with Crippen LogP contribution in [0.1, 0.15) is 31.2 Å². The molecule has 0 radical (unpaired) electrons. The predicted octanol–water partition coefficient (Wildman–Crippen LogP) is 2.74. The maximum absolute atomic E-state index is 12.4. The first kappa shape index (κ1) is 20.1. The number of rotatable bonds is 3. The minimum Gasteiger partial charge on any atom is -0.399 e. The molecule has 0 saturated carbocycles. The second-order valence-corrected chi connectivity index (χ2v) is 6.22. The second kappa shape index (κ2) is 9.36. The van der Waals surface area contributed by atoms with Crippen LogP contribution in [0.25, 0.3) is 0 Å². The van der Waals surface area contributed by atoms with E-state index in [2.05, 4.69) is 9.80 Å². The number of aryl methyl sites for hydroxylation is 1. The monoisotopic (exact) mass is 359 g/mol. The molecular weight excluding hydrogens is 333 g/mol. The summed E-state index contributed by atoms with van der Waals surface area (Å²) < 4.78 is 0. The normalized spacial score (nSPS) is 20.9. The van der Waals surface area contributed by atoms with Gasteiger partial charge < -0.3 is 10.6 Å². The van der Waals surface area contributed by atoms with Gasteiger partial charge in [-0.15, -0.1) is 24.8 Å². The highest BCUT2D eigenvalue weighted by Gasteiger charge is 2.30. The molecule has 0 bridgehead atoms. The van der Waals surface area contributed by atoms with E-state index < -0.39 is 0 Å². The lowest BCUT2D eigenvalue weighted by molar-refractivity contribution is -0.134. The lowest BCUT2D eigenvalue weighted by Crippen LogP contribution is -2.56. The molecule has 2 fully saturated rings. The van der Waals surface area contributed by atoms with Crippen molar-refractivity contribution >= 4 is 36.4 Å². The number of nitrogen functional groups attached to an aromatic ring is 1. The fourth-order valence-electron chi connectivity index (χ4n) is 3.54. The number of piperazine rings is 1. The molecule has 1 atom stereocenters. The van der Waals surface area contributed by atoms with Crippen LogP contribution in [-0.4, -0.2) is 47.9 Å². The molecule has 2 saturated heterocycles. The fourth-order valence-corrected chi connectivity index (χ4v) is 3.54. The number of nitrogens with two attached hydrogens (primary N) is 1. The molecule has 23 heavy (non-hydrogen) atoms. The number of fused-ring (bicyclic) bond motifs is 1. The van der Waals surface area contributed by atoms with Gasteiger partial charge >= 0.3 is 0 Å². The summed E-state index contributed by atoms with van der Waals surface area (Å²) in [6.07, 6.45) is 5.19. The summed E-state index contributed by atoms with van der Waals surface area (Å²) in [6, 6.07) is 8.43. The zero-order valence-electron chi connectivity index (χ0n) is 13.4. The Morgan fingerprint density at radius 3 is 2.70 bits per heavy atom. The van der Waals surface area contributed by atoms with Gasteiger partial charge in [-0.1, -0.05) is 24.6 Å². The van der Waals surface area contributed by atoms with Crippen molar-refractivity contribution in [3.8, 4) is 0 Å². The predicted molar refractivity (Wildman–Crippen MR) is 99.5 cm³/mol. The molecule has 2 heterocycles. The Morgan fingerprint density at radius 1 is 1.13 bits per heavy atom. The lowest BCUT2D eigenvalue weighted by atomic mass is 9.99. The number of halogens is 2. The van der Waals surface area contributed by atoms with Crippen molar-refractivity contribution in [1.29, 1.82) is 0 Å². The maximum Gasteiger partial charge on any atom is 0.222 e. The largest absolute Gasteiger partial charge is 0.399 e. The molecule has 3 rings (SSSR count). The number of amides is 1. The van der Waals surface area contributed by atoms with Gasteiger partial charge in [0.2, 0.25) is 5.91 Å². The molecule has 1 amide bonds. The summed E-state index contributed by atoms with van der Waals surface area (Å²) in [7, 11) is 0. The van der Waals surface area contributed by atoms with E-state index in [4.69, 9.17) is 5.73 Å². The van der Waals surface area contributed by atoms with E-state index in [0.29, 0.717) is 12.5 Å². The van der Waals surface area contributed by atoms with Gasteiger partial charge in [-0.3, -0.25) is 9.69 Å². The van der Waals surface area contributed by atoms with E-state index >= 15 is 0 Å². The molecule has 2 aliphatic heterocycles. The van der Waals surface area contributed by atoms with Gasteiger partial charge in [0.25, 0.3) is 0 Å². The van der Waals surface area contributed by atoms with Crippen LogP contribution in [-0.2, 0) is 11.2 Å². The number of carbonyl (C=O) groups is 1. The Balaban J connectivity index is 0.00000132. The minimum absolute atomic E-state index is 0. The summed E-state index contributed by atoms with van der Waals surface area (Å²) in [4.78, 5) is 17.0. The first-order valence-electron chi connectivity index (χ1n) is 8.09. The summed E-state index contributed by atoms with van der Waals surface area (Å²) in [5, 5.41) is 0. The van der Waals surface area contributed by atoms with Gasteiger partial charge in [0.1, 0.15) is 0 Å². The smallest absolute Gasteiger partial charge is 0.222 e. The van der Waals surface area contributed by atoms with E-state index in [0.717, 1.165) is 37.3 Å². The minimum atomic E-state index is 0. The van der Waals surface area contributed by atoms with Crippen LogP contribution in [0.2, 0.25) is 0 Å². The standard InChI is InChI=1S/C17H25N3O.2ClH/c18-16-7-2-1-5-14(16)8-9-17(21)20-12-11-19-10-4-3-6-15(19)13-20;;/h1-2,5,7,15H,3-4,6,8-13,18H2;2*1H. The molecule has 0 spiro atoms. The number of carbonyl (C=O) groups excluding carboxylic acids is 1. The maximum atomic E-state index is 12.4. The highest BCUT2D eigenvalue weighted by Crippen LogP contribution is 2.22. The molecule has 1 aromatic rings. The number of nitrogens with zero attached hydrogens (tertiary/aromatic N) is 2. The lowest BCUT2D eigenvalue weighted by Gasteiger charge is -2.44. The highest BCUT2D eigenvalue weighted by molar-refractivity contribution is 5.85. The van der Waals surface area contributed by atoms with Crippen LogP contribution >= 0.6 is 24.8 Å². The quantitative estimate of drug-likeness (QED) is 0.844.